The fourth-order valence-electron chi connectivity index (χ4n) is 2.77. The van der Waals surface area contributed by atoms with Crippen molar-refractivity contribution in [1.29, 1.82) is 0 Å². The molecule has 0 aliphatic heterocycles. The van der Waals surface area contributed by atoms with Crippen LogP contribution in [0.2, 0.25) is 0 Å². The minimum atomic E-state index is -0.989. The van der Waals surface area contributed by atoms with E-state index in [1.165, 1.54) is 0 Å². The van der Waals surface area contributed by atoms with E-state index >= 15 is 0 Å². The lowest BCUT2D eigenvalue weighted by atomic mass is 10.2. The van der Waals surface area contributed by atoms with Crippen molar-refractivity contribution >= 4 is 11.9 Å². The summed E-state index contributed by atoms with van der Waals surface area (Å²) in [6.45, 7) is -0.509. The maximum Gasteiger partial charge on any atom is 0.338 e. The molecule has 3 aromatic carbocycles. The standard InChI is InChI=1S/C26H26O8/c27-21(17-33-25(29)19-7-3-1-4-8-19)15-31-23-11-13-24(14-12-23)32-16-22(28)18-34-26(30)20-9-5-2-6-10-20/h1-14,21-22,27-28H,15-18H2. The Balaban J connectivity index is 1.32. The summed E-state index contributed by atoms with van der Waals surface area (Å²) in [4.78, 5) is 23.8. The number of benzene rings is 3. The first kappa shape index (κ1) is 24.8. The molecular weight excluding hydrogens is 440 g/mol. The smallest absolute Gasteiger partial charge is 0.338 e. The molecule has 0 spiro atoms. The first-order valence-corrected chi connectivity index (χ1v) is 10.7. The molecule has 0 saturated carbocycles. The van der Waals surface area contributed by atoms with Crippen LogP contribution >= 0.6 is 0 Å². The van der Waals surface area contributed by atoms with Crippen molar-refractivity contribution in [2.75, 3.05) is 26.4 Å². The van der Waals surface area contributed by atoms with Gasteiger partial charge in [0.05, 0.1) is 11.1 Å². The lowest BCUT2D eigenvalue weighted by molar-refractivity contribution is 0.0123. The van der Waals surface area contributed by atoms with Gasteiger partial charge in [0.25, 0.3) is 0 Å². The SMILES string of the molecule is O=C(OCC(O)COc1ccc(OCC(O)COC(=O)c2ccccc2)cc1)c1ccccc1. The van der Waals surface area contributed by atoms with E-state index in [9.17, 15) is 19.8 Å². The molecule has 8 heteroatoms. The second-order valence-corrected chi connectivity index (χ2v) is 7.33. The van der Waals surface area contributed by atoms with E-state index in [1.807, 2.05) is 0 Å². The topological polar surface area (TPSA) is 112 Å². The molecule has 178 valence electrons. The van der Waals surface area contributed by atoms with E-state index < -0.39 is 24.1 Å². The van der Waals surface area contributed by atoms with Crippen LogP contribution in [0.4, 0.5) is 0 Å². The molecule has 3 rings (SSSR count). The van der Waals surface area contributed by atoms with E-state index in [2.05, 4.69) is 0 Å². The van der Waals surface area contributed by atoms with Gasteiger partial charge in [0.15, 0.2) is 0 Å². The van der Waals surface area contributed by atoms with Crippen molar-refractivity contribution in [2.24, 2.45) is 0 Å². The van der Waals surface area contributed by atoms with Gasteiger partial charge < -0.3 is 29.2 Å². The Hall–Kier alpha value is -3.88. The molecule has 0 aliphatic rings. The highest BCUT2D eigenvalue weighted by atomic mass is 16.6. The van der Waals surface area contributed by atoms with E-state index in [-0.39, 0.29) is 26.4 Å². The molecule has 2 atom stereocenters. The lowest BCUT2D eigenvalue weighted by Gasteiger charge is -2.14. The van der Waals surface area contributed by atoms with Gasteiger partial charge in [-0.2, -0.15) is 0 Å². The number of carbonyl (C=O) groups excluding carboxylic acids is 2. The van der Waals surface area contributed by atoms with E-state index in [0.717, 1.165) is 0 Å². The summed E-state index contributed by atoms with van der Waals surface area (Å²) in [5, 5.41) is 20.0. The van der Waals surface area contributed by atoms with Crippen LogP contribution in [0.3, 0.4) is 0 Å². The van der Waals surface area contributed by atoms with Crippen molar-refractivity contribution in [2.45, 2.75) is 12.2 Å². The second-order valence-electron chi connectivity index (χ2n) is 7.33. The Bertz CT molecular complexity index is 937. The Labute approximate surface area is 197 Å². The summed E-state index contributed by atoms with van der Waals surface area (Å²) < 4.78 is 21.1. The molecule has 34 heavy (non-hydrogen) atoms. The predicted molar refractivity (Wildman–Crippen MR) is 123 cm³/mol. The highest BCUT2D eigenvalue weighted by Gasteiger charge is 2.13. The molecule has 0 bridgehead atoms. The van der Waals surface area contributed by atoms with Gasteiger partial charge in [0.1, 0.15) is 50.1 Å². The number of aliphatic hydroxyl groups is 2. The summed E-state index contributed by atoms with van der Waals surface area (Å²) in [5.74, 6) is -0.0624. The van der Waals surface area contributed by atoms with Gasteiger partial charge in [-0.3, -0.25) is 0 Å². The van der Waals surface area contributed by atoms with Crippen molar-refractivity contribution in [3.8, 4) is 11.5 Å². The van der Waals surface area contributed by atoms with Gasteiger partial charge in [-0.25, -0.2) is 9.59 Å². The third-order valence-electron chi connectivity index (χ3n) is 4.54. The van der Waals surface area contributed by atoms with Crippen LogP contribution < -0.4 is 9.47 Å². The number of hydrogen-bond donors (Lipinski definition) is 2. The maximum absolute atomic E-state index is 11.9. The van der Waals surface area contributed by atoms with Gasteiger partial charge in [-0.1, -0.05) is 36.4 Å². The maximum atomic E-state index is 11.9. The average Bonchev–Trinajstić information content (AvgIpc) is 2.89. The zero-order valence-electron chi connectivity index (χ0n) is 18.4. The molecule has 8 nitrogen and oxygen atoms in total. The first-order chi connectivity index (χ1) is 16.5. The van der Waals surface area contributed by atoms with Crippen molar-refractivity contribution in [3.05, 3.63) is 96.1 Å². The van der Waals surface area contributed by atoms with Crippen molar-refractivity contribution in [3.63, 3.8) is 0 Å². The quantitative estimate of drug-likeness (QED) is 0.392. The molecule has 0 fully saturated rings. The first-order valence-electron chi connectivity index (χ1n) is 10.7. The monoisotopic (exact) mass is 466 g/mol. The molecule has 2 unspecified atom stereocenters. The van der Waals surface area contributed by atoms with E-state index in [0.29, 0.717) is 22.6 Å². The largest absolute Gasteiger partial charge is 0.491 e. The minimum absolute atomic E-state index is 0.0617. The van der Waals surface area contributed by atoms with Gasteiger partial charge >= 0.3 is 11.9 Å². The number of ether oxygens (including phenoxy) is 4. The van der Waals surface area contributed by atoms with Gasteiger partial charge in [-0.05, 0) is 48.5 Å². The zero-order valence-corrected chi connectivity index (χ0v) is 18.4. The van der Waals surface area contributed by atoms with Crippen LogP contribution in [0, 0.1) is 0 Å². The third kappa shape index (κ3) is 8.23. The highest BCUT2D eigenvalue weighted by molar-refractivity contribution is 5.89. The number of rotatable bonds is 12. The van der Waals surface area contributed by atoms with Crippen molar-refractivity contribution < 1.29 is 38.7 Å². The summed E-state index contributed by atoms with van der Waals surface area (Å²) in [6.07, 6.45) is -1.98. The van der Waals surface area contributed by atoms with Gasteiger partial charge in [0, 0.05) is 0 Å². The van der Waals surface area contributed by atoms with Crippen molar-refractivity contribution in [1.82, 2.24) is 0 Å². The average molecular weight is 466 g/mol. The molecule has 2 N–H and O–H groups in total. The Morgan fingerprint density at radius 3 is 1.26 bits per heavy atom. The molecule has 0 amide bonds. The van der Waals surface area contributed by atoms with Crippen LogP contribution in [0.25, 0.3) is 0 Å². The summed E-state index contributed by atoms with van der Waals surface area (Å²) in [7, 11) is 0. The summed E-state index contributed by atoms with van der Waals surface area (Å²) >= 11 is 0. The number of hydrogen-bond acceptors (Lipinski definition) is 8. The Morgan fingerprint density at radius 1 is 0.559 bits per heavy atom. The van der Waals surface area contributed by atoms with Gasteiger partial charge in [-0.15, -0.1) is 0 Å². The Kier molecular flexibility index (Phi) is 9.45. The fourth-order valence-corrected chi connectivity index (χ4v) is 2.77. The zero-order chi connectivity index (χ0) is 24.2. The molecule has 0 aromatic heterocycles. The number of esters is 2. The predicted octanol–water partition coefficient (Wildman–Crippen LogP) is 2.88. The fraction of sp³-hybridized carbons (Fsp3) is 0.231. The van der Waals surface area contributed by atoms with Gasteiger partial charge in [0.2, 0.25) is 0 Å². The van der Waals surface area contributed by atoms with E-state index in [1.54, 1.807) is 84.9 Å². The molecule has 3 aromatic rings. The number of aliphatic hydroxyl groups excluding tert-OH is 2. The molecule has 0 saturated heterocycles. The van der Waals surface area contributed by atoms with Crippen LogP contribution in [0.15, 0.2) is 84.9 Å². The minimum Gasteiger partial charge on any atom is -0.491 e. The normalized spacial score (nSPS) is 12.3. The molecular formula is C26H26O8. The highest BCUT2D eigenvalue weighted by Crippen LogP contribution is 2.18. The lowest BCUT2D eigenvalue weighted by Crippen LogP contribution is -2.25. The third-order valence-corrected chi connectivity index (χ3v) is 4.54. The number of carbonyl (C=O) groups is 2. The molecule has 0 aliphatic carbocycles. The van der Waals surface area contributed by atoms with Crippen LogP contribution in [-0.2, 0) is 9.47 Å². The summed E-state index contributed by atoms with van der Waals surface area (Å²) in [5.41, 5.74) is 0.816. The van der Waals surface area contributed by atoms with Crippen LogP contribution in [0.5, 0.6) is 11.5 Å². The second kappa shape index (κ2) is 13.0. The van der Waals surface area contributed by atoms with Crippen LogP contribution in [0.1, 0.15) is 20.7 Å². The molecule has 0 radical (unpaired) electrons. The summed E-state index contributed by atoms with van der Waals surface area (Å²) in [6, 6.07) is 23.6. The van der Waals surface area contributed by atoms with E-state index in [4.69, 9.17) is 18.9 Å². The van der Waals surface area contributed by atoms with Crippen LogP contribution in [-0.4, -0.2) is 60.8 Å². The molecule has 0 heterocycles. The Morgan fingerprint density at radius 2 is 0.912 bits per heavy atom.